The zero-order chi connectivity index (χ0) is 54.7. The molecule has 0 fully saturated rings. The maximum Gasteiger partial charge on any atom is 0.0887 e. The first-order chi connectivity index (χ1) is 33.9. The fourth-order valence-electron chi connectivity index (χ4n) is 10.7. The predicted molar refractivity (Wildman–Crippen MR) is 329 cm³/mol. The number of hydrogen-bond acceptors (Lipinski definition) is 3. The van der Waals surface area contributed by atoms with E-state index in [-0.39, 0.29) is 43.3 Å². The zero-order valence-electron chi connectivity index (χ0n) is 49.6. The Morgan fingerprint density at radius 3 is 1.34 bits per heavy atom. The van der Waals surface area contributed by atoms with Gasteiger partial charge in [-0.25, -0.2) is 0 Å². The molecule has 1 aliphatic rings. The molecular formula is C70H89ClN2S. The van der Waals surface area contributed by atoms with Crippen LogP contribution in [0.1, 0.15) is 210 Å². The standard InChI is InChI=1S/C70H89ClN2S/c1-63(2,3)45-23-27-51(28-24-45)72(57-31-25-46(64(4,5)6)38-53(57)44-35-48(66(10,11)12)37-49(36-44)67(13,14)15)58-40-50(68(16,17)18)41-59(62(58)71)73(60-43-74-61-32-26-47(39-54(60)61)65(7,8)9)52-29-30-55-56(42-52)70(21,22)34-33-69(55,19)20/h23-32,35-43H,33-34H2,1-22H3. The number of rotatable bonds is 7. The average Bonchev–Trinajstić information content (AvgIpc) is 3.70. The van der Waals surface area contributed by atoms with Gasteiger partial charge in [0, 0.05) is 32.4 Å². The molecule has 0 amide bonds. The van der Waals surface area contributed by atoms with E-state index in [0.29, 0.717) is 5.02 Å². The van der Waals surface area contributed by atoms with Crippen molar-refractivity contribution in [1.82, 2.24) is 0 Å². The molecule has 0 N–H and O–H groups in total. The molecule has 0 radical (unpaired) electrons. The predicted octanol–water partition coefficient (Wildman–Crippen LogP) is 22.3. The number of hydrogen-bond donors (Lipinski definition) is 0. The molecule has 0 saturated carbocycles. The molecule has 0 unspecified atom stereocenters. The molecule has 8 rings (SSSR count). The minimum absolute atomic E-state index is 0.00759. The van der Waals surface area contributed by atoms with E-state index in [0.717, 1.165) is 47.0 Å². The van der Waals surface area contributed by atoms with Crippen LogP contribution in [0.15, 0.2) is 115 Å². The van der Waals surface area contributed by atoms with Crippen LogP contribution in [-0.2, 0) is 43.3 Å². The number of benzene rings is 6. The summed E-state index contributed by atoms with van der Waals surface area (Å²) in [6.45, 7) is 51.6. The molecule has 1 heterocycles. The molecule has 0 bridgehead atoms. The third kappa shape index (κ3) is 10.9. The number of halogens is 1. The molecule has 1 aliphatic carbocycles. The van der Waals surface area contributed by atoms with E-state index in [9.17, 15) is 0 Å². The van der Waals surface area contributed by atoms with Crippen molar-refractivity contribution >= 4 is 67.1 Å². The van der Waals surface area contributed by atoms with Gasteiger partial charge in [-0.3, -0.25) is 0 Å². The van der Waals surface area contributed by atoms with E-state index < -0.39 is 0 Å². The summed E-state index contributed by atoms with van der Waals surface area (Å²) in [4.78, 5) is 4.99. The highest BCUT2D eigenvalue weighted by molar-refractivity contribution is 7.17. The number of fused-ring (bicyclic) bond motifs is 2. The van der Waals surface area contributed by atoms with E-state index in [2.05, 4.69) is 277 Å². The lowest BCUT2D eigenvalue weighted by atomic mass is 9.63. The highest BCUT2D eigenvalue weighted by Crippen LogP contribution is 2.55. The van der Waals surface area contributed by atoms with Gasteiger partial charge in [0.05, 0.1) is 27.8 Å². The lowest BCUT2D eigenvalue weighted by Gasteiger charge is -2.42. The van der Waals surface area contributed by atoms with Crippen LogP contribution in [-0.4, -0.2) is 0 Å². The average molecular weight is 1030 g/mol. The van der Waals surface area contributed by atoms with Crippen LogP contribution >= 0.6 is 22.9 Å². The lowest BCUT2D eigenvalue weighted by Crippen LogP contribution is -2.34. The molecule has 74 heavy (non-hydrogen) atoms. The summed E-state index contributed by atoms with van der Waals surface area (Å²) in [5.41, 5.74) is 18.9. The van der Waals surface area contributed by atoms with Crippen LogP contribution in [0.4, 0.5) is 34.1 Å². The van der Waals surface area contributed by atoms with Crippen LogP contribution in [0.3, 0.4) is 0 Å². The smallest absolute Gasteiger partial charge is 0.0887 e. The molecule has 6 aromatic carbocycles. The quantitative estimate of drug-likeness (QED) is 0.157. The van der Waals surface area contributed by atoms with Gasteiger partial charge in [0.1, 0.15) is 0 Å². The monoisotopic (exact) mass is 1020 g/mol. The summed E-state index contributed by atoms with van der Waals surface area (Å²) in [7, 11) is 0. The fraction of sp³-hybridized carbons (Fsp3) is 0.457. The summed E-state index contributed by atoms with van der Waals surface area (Å²) in [6, 6.07) is 43.0. The van der Waals surface area contributed by atoms with Crippen molar-refractivity contribution in [2.75, 3.05) is 9.80 Å². The molecular weight excluding hydrogens is 936 g/mol. The first kappa shape index (κ1) is 55.4. The first-order valence-corrected chi connectivity index (χ1v) is 28.6. The highest BCUT2D eigenvalue weighted by Gasteiger charge is 2.38. The van der Waals surface area contributed by atoms with Crippen molar-refractivity contribution in [3.05, 3.63) is 164 Å². The van der Waals surface area contributed by atoms with Crippen LogP contribution < -0.4 is 9.80 Å². The van der Waals surface area contributed by atoms with Crippen molar-refractivity contribution in [2.24, 2.45) is 0 Å². The topological polar surface area (TPSA) is 6.48 Å². The molecule has 0 saturated heterocycles. The van der Waals surface area contributed by atoms with Gasteiger partial charge in [0.25, 0.3) is 0 Å². The summed E-state index contributed by atoms with van der Waals surface area (Å²) in [6.07, 6.45) is 2.29. The molecule has 392 valence electrons. The van der Waals surface area contributed by atoms with E-state index in [1.165, 1.54) is 65.7 Å². The molecule has 2 nitrogen and oxygen atoms in total. The van der Waals surface area contributed by atoms with Crippen LogP contribution in [0, 0.1) is 0 Å². The van der Waals surface area contributed by atoms with Crippen molar-refractivity contribution < 1.29 is 0 Å². The van der Waals surface area contributed by atoms with Crippen molar-refractivity contribution in [3.8, 4) is 11.1 Å². The van der Waals surface area contributed by atoms with Gasteiger partial charge in [-0.15, -0.1) is 11.3 Å². The Hall–Kier alpha value is -4.83. The highest BCUT2D eigenvalue weighted by atomic mass is 35.5. The van der Waals surface area contributed by atoms with Crippen molar-refractivity contribution in [1.29, 1.82) is 0 Å². The molecule has 4 heteroatoms. The van der Waals surface area contributed by atoms with Crippen LogP contribution in [0.5, 0.6) is 0 Å². The molecule has 0 aliphatic heterocycles. The number of anilines is 6. The largest absolute Gasteiger partial charge is 0.308 e. The molecule has 0 atom stereocenters. The Labute approximate surface area is 458 Å². The Balaban J connectivity index is 1.53. The van der Waals surface area contributed by atoms with Crippen LogP contribution in [0.2, 0.25) is 5.02 Å². The van der Waals surface area contributed by atoms with Gasteiger partial charge in [0.15, 0.2) is 0 Å². The normalized spacial score (nSPS) is 15.3. The van der Waals surface area contributed by atoms with Gasteiger partial charge >= 0.3 is 0 Å². The molecule has 0 spiro atoms. The SMILES string of the molecule is CC(C)(C)c1ccc(N(c2ccc(C(C)(C)C)cc2-c2cc(C(C)(C)C)cc(C(C)(C)C)c2)c2cc(C(C)(C)C)cc(N(c3ccc4c(c3)C(C)(C)CCC4(C)C)c3csc4ccc(C(C)(C)C)cc34)c2Cl)cc1. The number of thiophene rings is 1. The summed E-state index contributed by atoms with van der Waals surface area (Å²) >= 11 is 10.3. The Kier molecular flexibility index (Phi) is 14.0. The van der Waals surface area contributed by atoms with E-state index in [1.807, 2.05) is 11.3 Å². The third-order valence-corrected chi connectivity index (χ3v) is 17.5. The van der Waals surface area contributed by atoms with Crippen LogP contribution in [0.25, 0.3) is 21.2 Å². The van der Waals surface area contributed by atoms with Gasteiger partial charge in [-0.1, -0.05) is 212 Å². The van der Waals surface area contributed by atoms with Gasteiger partial charge in [0.2, 0.25) is 0 Å². The van der Waals surface area contributed by atoms with E-state index in [1.54, 1.807) is 0 Å². The first-order valence-electron chi connectivity index (χ1n) is 27.4. The molecule has 1 aromatic heterocycles. The van der Waals surface area contributed by atoms with Gasteiger partial charge in [-0.2, -0.15) is 0 Å². The van der Waals surface area contributed by atoms with Gasteiger partial charge < -0.3 is 9.80 Å². The maximum atomic E-state index is 8.48. The van der Waals surface area contributed by atoms with Gasteiger partial charge in [-0.05, 0) is 167 Å². The number of nitrogens with zero attached hydrogens (tertiary/aromatic N) is 2. The summed E-state index contributed by atoms with van der Waals surface area (Å²) in [5.74, 6) is 0. The van der Waals surface area contributed by atoms with E-state index in [4.69, 9.17) is 11.6 Å². The maximum absolute atomic E-state index is 8.48. The minimum atomic E-state index is -0.235. The van der Waals surface area contributed by atoms with Crippen molar-refractivity contribution in [2.45, 2.75) is 208 Å². The zero-order valence-corrected chi connectivity index (χ0v) is 51.1. The van der Waals surface area contributed by atoms with E-state index >= 15 is 0 Å². The fourth-order valence-corrected chi connectivity index (χ4v) is 11.9. The second-order valence-corrected chi connectivity index (χ2v) is 30.7. The third-order valence-electron chi connectivity index (χ3n) is 16.2. The lowest BCUT2D eigenvalue weighted by molar-refractivity contribution is 0.332. The molecule has 7 aromatic rings. The summed E-state index contributed by atoms with van der Waals surface area (Å²) in [5, 5.41) is 4.31. The van der Waals surface area contributed by atoms with Crippen molar-refractivity contribution in [3.63, 3.8) is 0 Å². The second-order valence-electron chi connectivity index (χ2n) is 29.4. The minimum Gasteiger partial charge on any atom is -0.308 e. The second kappa shape index (κ2) is 18.7. The Morgan fingerprint density at radius 1 is 0.392 bits per heavy atom. The summed E-state index contributed by atoms with van der Waals surface area (Å²) < 4.78 is 1.26. The Bertz CT molecular complexity index is 3190. The Morgan fingerprint density at radius 2 is 0.824 bits per heavy atom.